The fourth-order valence-electron chi connectivity index (χ4n) is 3.18. The Morgan fingerprint density at radius 3 is 2.57 bits per heavy atom. The van der Waals surface area contributed by atoms with Crippen molar-refractivity contribution in [3.63, 3.8) is 0 Å². The zero-order valence-electron chi connectivity index (χ0n) is 16.9. The number of halogens is 1. The van der Waals surface area contributed by atoms with Crippen molar-refractivity contribution in [2.45, 2.75) is 32.8 Å². The molecule has 0 aliphatic carbocycles. The van der Waals surface area contributed by atoms with Crippen LogP contribution in [0.3, 0.4) is 0 Å². The first-order valence-corrected chi connectivity index (χ1v) is 10.1. The van der Waals surface area contributed by atoms with Crippen molar-refractivity contribution in [2.75, 3.05) is 27.2 Å². The maximum atomic E-state index is 12.4. The Morgan fingerprint density at radius 1 is 1.21 bits per heavy atom. The molecule has 0 saturated carbocycles. The van der Waals surface area contributed by atoms with Crippen molar-refractivity contribution in [3.05, 3.63) is 40.0 Å². The number of fused-ring (bicyclic) bond motifs is 1. The van der Waals surface area contributed by atoms with Gasteiger partial charge in [-0.3, -0.25) is 4.79 Å². The molecule has 0 bridgehead atoms. The number of nitrogens with zero attached hydrogens (tertiary/aromatic N) is 2. The molecule has 0 atom stereocenters. The molecule has 1 aliphatic heterocycles. The summed E-state index contributed by atoms with van der Waals surface area (Å²) >= 11 is 3.56. The zero-order valence-corrected chi connectivity index (χ0v) is 18.5. The molecule has 0 fully saturated rings. The molecule has 0 radical (unpaired) electrons. The average molecular weight is 448 g/mol. The smallest absolute Gasteiger partial charge is 0.410 e. The third kappa shape index (κ3) is 4.41. The lowest BCUT2D eigenvalue weighted by Crippen LogP contribution is -2.39. The molecule has 2 amide bonds. The number of nitrogens with one attached hydrogen (secondary N) is 1. The Labute approximate surface area is 173 Å². The molecule has 2 heterocycles. The second kappa shape index (κ2) is 7.62. The summed E-state index contributed by atoms with van der Waals surface area (Å²) in [5.74, 6) is -0.0432. The van der Waals surface area contributed by atoms with Crippen LogP contribution in [0, 0.1) is 0 Å². The number of amides is 2. The van der Waals surface area contributed by atoms with Crippen LogP contribution < -0.4 is 0 Å². The molecule has 6 nitrogen and oxygen atoms in total. The van der Waals surface area contributed by atoms with Gasteiger partial charge in [-0.15, -0.1) is 0 Å². The number of ether oxygens (including phenoxy) is 1. The zero-order chi connectivity index (χ0) is 20.6. The lowest BCUT2D eigenvalue weighted by Gasteiger charge is -2.30. The second-order valence-corrected chi connectivity index (χ2v) is 9.08. The van der Waals surface area contributed by atoms with Gasteiger partial charge in [0.15, 0.2) is 0 Å². The number of carbonyl (C=O) groups excluding carboxylic acids is 2. The van der Waals surface area contributed by atoms with Crippen LogP contribution in [-0.2, 0) is 4.74 Å². The summed E-state index contributed by atoms with van der Waals surface area (Å²) in [6.45, 7) is 6.74. The van der Waals surface area contributed by atoms with Gasteiger partial charge in [-0.2, -0.15) is 0 Å². The Kier molecular flexibility index (Phi) is 5.57. The van der Waals surface area contributed by atoms with Crippen molar-refractivity contribution in [3.8, 4) is 0 Å². The highest BCUT2D eigenvalue weighted by molar-refractivity contribution is 9.10. The molecule has 1 aliphatic rings. The normalized spacial score (nSPS) is 14.8. The van der Waals surface area contributed by atoms with Gasteiger partial charge in [0.1, 0.15) is 5.60 Å². The molecule has 150 valence electrons. The van der Waals surface area contributed by atoms with E-state index in [1.165, 1.54) is 0 Å². The number of H-pyrrole nitrogens is 1. The number of aromatic nitrogens is 1. The third-order valence-electron chi connectivity index (χ3n) is 4.48. The molecule has 1 N–H and O–H groups in total. The molecule has 2 aromatic rings. The minimum absolute atomic E-state index is 0.0432. The van der Waals surface area contributed by atoms with Gasteiger partial charge in [-0.05, 0) is 66.9 Å². The molecule has 1 aromatic carbocycles. The van der Waals surface area contributed by atoms with Crippen LogP contribution in [0.4, 0.5) is 4.79 Å². The van der Waals surface area contributed by atoms with E-state index in [0.29, 0.717) is 18.7 Å². The van der Waals surface area contributed by atoms with Gasteiger partial charge in [0.05, 0.1) is 12.1 Å². The Bertz CT molecular complexity index is 954. The van der Waals surface area contributed by atoms with Crippen molar-refractivity contribution >= 4 is 44.4 Å². The van der Waals surface area contributed by atoms with Crippen molar-refractivity contribution in [1.29, 1.82) is 0 Å². The summed E-state index contributed by atoms with van der Waals surface area (Å²) in [6.07, 6.45) is 2.62. The first-order chi connectivity index (χ1) is 13.0. The predicted octanol–water partition coefficient (Wildman–Crippen LogP) is 4.66. The highest BCUT2D eigenvalue weighted by atomic mass is 79.9. The van der Waals surface area contributed by atoms with Gasteiger partial charge in [0, 0.05) is 41.8 Å². The molecular formula is C21H26BrN3O3. The fourth-order valence-corrected chi connectivity index (χ4v) is 3.75. The Hall–Kier alpha value is -2.28. The Morgan fingerprint density at radius 2 is 1.93 bits per heavy atom. The average Bonchev–Trinajstić information content (AvgIpc) is 3.04. The van der Waals surface area contributed by atoms with Crippen LogP contribution in [0.25, 0.3) is 16.5 Å². The molecule has 3 rings (SSSR count). The first kappa shape index (κ1) is 20.5. The van der Waals surface area contributed by atoms with E-state index in [-0.39, 0.29) is 12.0 Å². The van der Waals surface area contributed by atoms with Crippen LogP contribution in [0.2, 0.25) is 0 Å². The van der Waals surface area contributed by atoms with E-state index in [4.69, 9.17) is 4.74 Å². The first-order valence-electron chi connectivity index (χ1n) is 9.26. The van der Waals surface area contributed by atoms with Gasteiger partial charge in [-0.25, -0.2) is 4.79 Å². The van der Waals surface area contributed by atoms with E-state index in [1.54, 1.807) is 23.9 Å². The largest absolute Gasteiger partial charge is 0.444 e. The second-order valence-electron chi connectivity index (χ2n) is 8.22. The predicted molar refractivity (Wildman–Crippen MR) is 114 cm³/mol. The van der Waals surface area contributed by atoms with E-state index in [0.717, 1.165) is 33.1 Å². The lowest BCUT2D eigenvalue weighted by molar-refractivity contribution is 0.0273. The molecule has 0 unspecified atom stereocenters. The van der Waals surface area contributed by atoms with E-state index in [9.17, 15) is 9.59 Å². The van der Waals surface area contributed by atoms with Gasteiger partial charge >= 0.3 is 6.09 Å². The number of benzene rings is 1. The highest BCUT2D eigenvalue weighted by Gasteiger charge is 2.25. The monoisotopic (exact) mass is 447 g/mol. The molecular weight excluding hydrogens is 422 g/mol. The van der Waals surface area contributed by atoms with Crippen molar-refractivity contribution in [1.82, 2.24) is 14.8 Å². The number of rotatable bonds is 2. The minimum Gasteiger partial charge on any atom is -0.444 e. The summed E-state index contributed by atoms with van der Waals surface area (Å²) < 4.78 is 6.34. The summed E-state index contributed by atoms with van der Waals surface area (Å²) in [5, 5.41) is 0.949. The fraction of sp³-hybridized carbons (Fsp3) is 0.429. The quantitative estimate of drug-likeness (QED) is 0.727. The molecule has 0 saturated heterocycles. The standard InChI is InChI=1S/C21H26BrN3O3/c1-21(2,3)28-20(27)25-8-6-7-13(12-25)17-11-14-9-15(19(26)24(4)5)10-16(22)18(14)23-17/h7,9-11,23H,6,8,12H2,1-5H3. The van der Waals surface area contributed by atoms with Crippen LogP contribution in [-0.4, -0.2) is 59.6 Å². The lowest BCUT2D eigenvalue weighted by atomic mass is 10.1. The molecule has 7 heteroatoms. The maximum absolute atomic E-state index is 12.4. The van der Waals surface area contributed by atoms with E-state index < -0.39 is 5.60 Å². The van der Waals surface area contributed by atoms with Gasteiger partial charge in [0.2, 0.25) is 0 Å². The van der Waals surface area contributed by atoms with Crippen LogP contribution >= 0.6 is 15.9 Å². The molecule has 1 aromatic heterocycles. The summed E-state index contributed by atoms with van der Waals surface area (Å²) in [5.41, 5.74) is 3.03. The van der Waals surface area contributed by atoms with Gasteiger partial charge < -0.3 is 19.5 Å². The number of carbonyl (C=O) groups is 2. The van der Waals surface area contributed by atoms with Crippen LogP contribution in [0.15, 0.2) is 28.7 Å². The summed E-state index contributed by atoms with van der Waals surface area (Å²) in [4.78, 5) is 31.4. The highest BCUT2D eigenvalue weighted by Crippen LogP contribution is 2.30. The van der Waals surface area contributed by atoms with Crippen LogP contribution in [0.5, 0.6) is 0 Å². The Balaban J connectivity index is 1.87. The van der Waals surface area contributed by atoms with Crippen molar-refractivity contribution in [2.24, 2.45) is 0 Å². The SMILES string of the molecule is CN(C)C(=O)c1cc(Br)c2[nH]c(C3=CCCN(C(=O)OC(C)(C)C)C3)cc2c1. The van der Waals surface area contributed by atoms with E-state index in [2.05, 4.69) is 27.0 Å². The number of hydrogen-bond donors (Lipinski definition) is 1. The van der Waals surface area contributed by atoms with Gasteiger partial charge in [-0.1, -0.05) is 6.08 Å². The van der Waals surface area contributed by atoms with Crippen molar-refractivity contribution < 1.29 is 14.3 Å². The van der Waals surface area contributed by atoms with Crippen LogP contribution in [0.1, 0.15) is 43.2 Å². The van der Waals surface area contributed by atoms with Gasteiger partial charge in [0.25, 0.3) is 5.91 Å². The maximum Gasteiger partial charge on any atom is 0.410 e. The summed E-state index contributed by atoms with van der Waals surface area (Å²) in [7, 11) is 3.47. The topological polar surface area (TPSA) is 65.6 Å². The molecule has 28 heavy (non-hydrogen) atoms. The number of hydrogen-bond acceptors (Lipinski definition) is 3. The minimum atomic E-state index is -0.514. The third-order valence-corrected chi connectivity index (χ3v) is 5.11. The van der Waals surface area contributed by atoms with E-state index >= 15 is 0 Å². The molecule has 0 spiro atoms. The number of aromatic amines is 1. The van der Waals surface area contributed by atoms with E-state index in [1.807, 2.05) is 39.0 Å². The summed E-state index contributed by atoms with van der Waals surface area (Å²) in [6, 6.07) is 5.74.